The number of nitro groups is 1. The van der Waals surface area contributed by atoms with Crippen molar-refractivity contribution in [3.05, 3.63) is 86.3 Å². The lowest BCUT2D eigenvalue weighted by molar-refractivity contribution is -0.384. The molecular formula is C19H16N6O3. The fraction of sp³-hybridized carbons (Fsp3) is 0.105. The Morgan fingerprint density at radius 3 is 2.39 bits per heavy atom. The molecule has 1 N–H and O–H groups in total. The lowest BCUT2D eigenvalue weighted by atomic mass is 10.1. The van der Waals surface area contributed by atoms with Crippen LogP contribution in [0.25, 0.3) is 5.69 Å². The maximum absolute atomic E-state index is 12.8. The Kier molecular flexibility index (Phi) is 5.04. The van der Waals surface area contributed by atoms with Crippen LogP contribution in [0.3, 0.4) is 0 Å². The minimum absolute atomic E-state index is 0.00353. The van der Waals surface area contributed by atoms with Crippen molar-refractivity contribution in [3.63, 3.8) is 0 Å². The second-order valence-electron chi connectivity index (χ2n) is 5.92. The molecular weight excluding hydrogens is 360 g/mol. The van der Waals surface area contributed by atoms with E-state index in [-0.39, 0.29) is 22.6 Å². The van der Waals surface area contributed by atoms with E-state index in [0.29, 0.717) is 16.9 Å². The van der Waals surface area contributed by atoms with Gasteiger partial charge in [0.15, 0.2) is 5.71 Å². The first-order valence-electron chi connectivity index (χ1n) is 8.26. The van der Waals surface area contributed by atoms with Gasteiger partial charge in [0, 0.05) is 24.7 Å². The summed E-state index contributed by atoms with van der Waals surface area (Å²) < 4.78 is 3.18. The molecule has 0 fully saturated rings. The largest absolute Gasteiger partial charge is 0.296 e. The highest BCUT2D eigenvalue weighted by Crippen LogP contribution is 2.15. The van der Waals surface area contributed by atoms with Crippen molar-refractivity contribution in [1.82, 2.24) is 9.36 Å². The fourth-order valence-electron chi connectivity index (χ4n) is 2.70. The van der Waals surface area contributed by atoms with Gasteiger partial charge in [-0.15, -0.1) is 0 Å². The molecule has 28 heavy (non-hydrogen) atoms. The summed E-state index contributed by atoms with van der Waals surface area (Å²) in [5.41, 5.74) is 4.26. The summed E-state index contributed by atoms with van der Waals surface area (Å²) in [6.45, 7) is 1.76. The van der Waals surface area contributed by atoms with Crippen molar-refractivity contribution in [2.45, 2.75) is 6.92 Å². The van der Waals surface area contributed by atoms with Crippen LogP contribution < -0.4 is 11.0 Å². The van der Waals surface area contributed by atoms with Gasteiger partial charge in [-0.1, -0.05) is 18.2 Å². The molecule has 1 heterocycles. The molecule has 0 amide bonds. The Hall–Kier alpha value is -4.19. The van der Waals surface area contributed by atoms with Crippen LogP contribution in [-0.4, -0.2) is 20.0 Å². The minimum Gasteiger partial charge on any atom is -0.283 e. The van der Waals surface area contributed by atoms with Crippen LogP contribution in [-0.2, 0) is 7.05 Å². The molecule has 0 atom stereocenters. The van der Waals surface area contributed by atoms with Gasteiger partial charge in [-0.3, -0.25) is 25.0 Å². The highest BCUT2D eigenvalue weighted by atomic mass is 16.6. The van der Waals surface area contributed by atoms with Gasteiger partial charge in [0.25, 0.3) is 11.2 Å². The molecule has 0 bridgehead atoms. The van der Waals surface area contributed by atoms with Crippen molar-refractivity contribution >= 4 is 17.1 Å². The highest BCUT2D eigenvalue weighted by molar-refractivity contribution is 6.11. The highest BCUT2D eigenvalue weighted by Gasteiger charge is 2.16. The molecule has 140 valence electrons. The number of nitriles is 1. The molecule has 0 aliphatic heterocycles. The van der Waals surface area contributed by atoms with E-state index in [0.717, 1.165) is 0 Å². The summed E-state index contributed by atoms with van der Waals surface area (Å²) in [6, 6.07) is 16.5. The molecule has 0 saturated carbocycles. The van der Waals surface area contributed by atoms with Crippen molar-refractivity contribution in [2.75, 3.05) is 5.43 Å². The van der Waals surface area contributed by atoms with Crippen LogP contribution in [0.1, 0.15) is 11.3 Å². The molecule has 0 spiro atoms. The number of anilines is 1. The first-order valence-corrected chi connectivity index (χ1v) is 8.26. The Morgan fingerprint density at radius 1 is 1.18 bits per heavy atom. The van der Waals surface area contributed by atoms with Crippen LogP contribution in [0.4, 0.5) is 11.4 Å². The molecule has 0 radical (unpaired) electrons. The summed E-state index contributed by atoms with van der Waals surface area (Å²) in [4.78, 5) is 23.0. The van der Waals surface area contributed by atoms with E-state index in [1.807, 2.05) is 36.4 Å². The van der Waals surface area contributed by atoms with E-state index in [2.05, 4.69) is 10.5 Å². The summed E-state index contributed by atoms with van der Waals surface area (Å²) in [7, 11) is 1.75. The van der Waals surface area contributed by atoms with Crippen LogP contribution >= 0.6 is 0 Å². The van der Waals surface area contributed by atoms with E-state index < -0.39 is 4.92 Å². The van der Waals surface area contributed by atoms with Gasteiger partial charge in [0.05, 0.1) is 16.3 Å². The van der Waals surface area contributed by atoms with Gasteiger partial charge in [0.1, 0.15) is 11.8 Å². The number of aromatic nitrogens is 2. The van der Waals surface area contributed by atoms with Crippen molar-refractivity contribution in [2.24, 2.45) is 12.1 Å². The Morgan fingerprint density at radius 2 is 1.82 bits per heavy atom. The molecule has 2 aromatic carbocycles. The predicted molar refractivity (Wildman–Crippen MR) is 105 cm³/mol. The number of non-ortho nitro benzene ring substituents is 1. The standard InChI is InChI=1S/C19H16N6O3/c1-13-18(19(26)24(23(13)2)15-6-4-3-5-7-15)22-21-17(12-20)14-8-10-16(11-9-14)25(27)28/h3-11,22H,1-2H3/b21-17+. The lowest BCUT2D eigenvalue weighted by Gasteiger charge is -2.07. The number of hydrazone groups is 1. The van der Waals surface area contributed by atoms with E-state index in [1.54, 1.807) is 18.7 Å². The number of para-hydroxylation sites is 1. The normalized spacial score (nSPS) is 11.1. The third kappa shape index (κ3) is 3.39. The number of hydrogen-bond acceptors (Lipinski definition) is 6. The predicted octanol–water partition coefficient (Wildman–Crippen LogP) is 2.73. The summed E-state index contributed by atoms with van der Waals surface area (Å²) >= 11 is 0. The number of rotatable bonds is 5. The van der Waals surface area contributed by atoms with Gasteiger partial charge >= 0.3 is 0 Å². The average molecular weight is 376 g/mol. The minimum atomic E-state index is -0.523. The van der Waals surface area contributed by atoms with Crippen molar-refractivity contribution in [1.29, 1.82) is 5.26 Å². The van der Waals surface area contributed by atoms with Crippen LogP contribution in [0.15, 0.2) is 64.5 Å². The number of nitrogens with one attached hydrogen (secondary N) is 1. The van der Waals surface area contributed by atoms with E-state index in [1.165, 1.54) is 28.9 Å². The third-order valence-electron chi connectivity index (χ3n) is 4.29. The Balaban J connectivity index is 1.96. The number of nitrogens with zero attached hydrogens (tertiary/aromatic N) is 5. The number of hydrogen-bond donors (Lipinski definition) is 1. The third-order valence-corrected chi connectivity index (χ3v) is 4.29. The molecule has 0 aliphatic rings. The quantitative estimate of drug-likeness (QED) is 0.417. The molecule has 3 aromatic rings. The maximum Gasteiger partial charge on any atom is 0.296 e. The second kappa shape index (κ2) is 7.59. The number of benzene rings is 2. The molecule has 0 unspecified atom stereocenters. The van der Waals surface area contributed by atoms with Crippen molar-refractivity contribution in [3.8, 4) is 11.8 Å². The zero-order chi connectivity index (χ0) is 20.3. The second-order valence-corrected chi connectivity index (χ2v) is 5.92. The topological polar surface area (TPSA) is 118 Å². The van der Waals surface area contributed by atoms with Gasteiger partial charge in [-0.25, -0.2) is 4.68 Å². The zero-order valence-electron chi connectivity index (χ0n) is 15.2. The first-order chi connectivity index (χ1) is 13.4. The lowest BCUT2D eigenvalue weighted by Crippen LogP contribution is -2.20. The molecule has 3 rings (SSSR count). The Bertz CT molecular complexity index is 1150. The van der Waals surface area contributed by atoms with Crippen LogP contribution in [0, 0.1) is 28.4 Å². The Labute approximate surface area is 159 Å². The molecule has 0 aliphatic carbocycles. The van der Waals surface area contributed by atoms with Crippen molar-refractivity contribution < 1.29 is 4.92 Å². The monoisotopic (exact) mass is 376 g/mol. The molecule has 0 saturated heterocycles. The molecule has 9 heteroatoms. The SMILES string of the molecule is Cc1c(N/N=C(\C#N)c2ccc([N+](=O)[O-])cc2)c(=O)n(-c2ccccc2)n1C. The first kappa shape index (κ1) is 18.6. The molecule has 9 nitrogen and oxygen atoms in total. The molecule has 1 aromatic heterocycles. The van der Waals surface area contributed by atoms with E-state index in [4.69, 9.17) is 0 Å². The number of nitro benzene ring substituents is 1. The van der Waals surface area contributed by atoms with Gasteiger partial charge < -0.3 is 0 Å². The van der Waals surface area contributed by atoms with E-state index >= 15 is 0 Å². The summed E-state index contributed by atoms with van der Waals surface area (Å²) in [5, 5.41) is 24.2. The van der Waals surface area contributed by atoms with Gasteiger partial charge in [0.2, 0.25) is 0 Å². The van der Waals surface area contributed by atoms with Gasteiger partial charge in [-0.2, -0.15) is 10.4 Å². The average Bonchev–Trinajstić information content (AvgIpc) is 2.92. The summed E-state index contributed by atoms with van der Waals surface area (Å²) in [5.74, 6) is 0. The van der Waals surface area contributed by atoms with Crippen LogP contribution in [0.2, 0.25) is 0 Å². The van der Waals surface area contributed by atoms with Crippen LogP contribution in [0.5, 0.6) is 0 Å². The summed E-state index contributed by atoms with van der Waals surface area (Å²) in [6.07, 6.45) is 0. The van der Waals surface area contributed by atoms with E-state index in [9.17, 15) is 20.2 Å². The fourth-order valence-corrected chi connectivity index (χ4v) is 2.70. The smallest absolute Gasteiger partial charge is 0.283 e. The van der Waals surface area contributed by atoms with Gasteiger partial charge in [-0.05, 0) is 31.2 Å². The maximum atomic E-state index is 12.8. The zero-order valence-corrected chi connectivity index (χ0v) is 15.2.